The monoisotopic (exact) mass is 518 g/mol. The highest BCUT2D eigenvalue weighted by Crippen LogP contribution is 2.39. The molecular weight excluding hydrogens is 464 g/mol. The standard InChI is InChI=1S/C20H28OS2.C6H14.C2H6.C2H4.C2H2/c1-4-9-20(22-14-5-2)18-13-12-17(15-19(18)21-3)23-16-10-7-6-8-11-16;1-4-6(3)5-2;3*1-2/h4,9,12-13,15-16H,1,5-8,10-11,14H2,2-3H3;6H,4-5H2,1-3H3;1-2H3;1-2H2;1-2H/b20-9+;;;;. The van der Waals surface area contributed by atoms with Crippen LogP contribution in [-0.4, -0.2) is 18.1 Å². The highest BCUT2D eigenvalue weighted by molar-refractivity contribution is 8.08. The van der Waals surface area contributed by atoms with Crippen molar-refractivity contribution < 1.29 is 4.74 Å². The average molecular weight is 519 g/mol. The van der Waals surface area contributed by atoms with Gasteiger partial charge in [-0.05, 0) is 55.2 Å². The molecule has 0 aliphatic heterocycles. The first-order valence-electron chi connectivity index (χ1n) is 13.2. The molecule has 0 amide bonds. The van der Waals surface area contributed by atoms with Gasteiger partial charge < -0.3 is 4.74 Å². The molecule has 1 saturated carbocycles. The number of rotatable bonds is 10. The summed E-state index contributed by atoms with van der Waals surface area (Å²) in [5.74, 6) is 3.02. The van der Waals surface area contributed by atoms with E-state index in [9.17, 15) is 0 Å². The van der Waals surface area contributed by atoms with Gasteiger partial charge in [-0.2, -0.15) is 0 Å². The van der Waals surface area contributed by atoms with Gasteiger partial charge in [-0.15, -0.1) is 49.5 Å². The van der Waals surface area contributed by atoms with Crippen molar-refractivity contribution >= 4 is 28.4 Å². The quantitative estimate of drug-likeness (QED) is 0.173. The number of methoxy groups -OCH3 is 1. The van der Waals surface area contributed by atoms with Gasteiger partial charge in [0.1, 0.15) is 5.75 Å². The van der Waals surface area contributed by atoms with E-state index in [1.54, 1.807) is 7.11 Å². The summed E-state index contributed by atoms with van der Waals surface area (Å²) in [6.07, 6.45) is 22.6. The Kier molecular flexibility index (Phi) is 31.2. The molecule has 1 nitrogen and oxygen atoms in total. The molecule has 35 heavy (non-hydrogen) atoms. The summed E-state index contributed by atoms with van der Waals surface area (Å²) in [5.41, 5.74) is 1.18. The van der Waals surface area contributed by atoms with Crippen molar-refractivity contribution in [3.8, 4) is 18.6 Å². The fraction of sp³-hybridized carbons (Fsp3) is 0.562. The molecule has 1 aromatic carbocycles. The molecule has 0 radical (unpaired) electrons. The van der Waals surface area contributed by atoms with Crippen LogP contribution in [0.5, 0.6) is 5.75 Å². The van der Waals surface area contributed by atoms with Crippen molar-refractivity contribution in [2.24, 2.45) is 5.92 Å². The van der Waals surface area contributed by atoms with Gasteiger partial charge in [0.05, 0.1) is 7.11 Å². The highest BCUT2D eigenvalue weighted by Gasteiger charge is 2.16. The molecule has 0 atom stereocenters. The third kappa shape index (κ3) is 18.4. The molecule has 0 heterocycles. The number of benzene rings is 1. The van der Waals surface area contributed by atoms with E-state index in [1.807, 2.05) is 43.4 Å². The third-order valence-electron chi connectivity index (χ3n) is 5.42. The fourth-order valence-corrected chi connectivity index (χ4v) is 5.36. The van der Waals surface area contributed by atoms with E-state index in [4.69, 9.17) is 4.74 Å². The molecule has 0 aromatic heterocycles. The minimum absolute atomic E-state index is 0.775. The summed E-state index contributed by atoms with van der Waals surface area (Å²) < 4.78 is 5.68. The second kappa shape index (κ2) is 28.7. The Morgan fingerprint density at radius 1 is 1.09 bits per heavy atom. The zero-order valence-electron chi connectivity index (χ0n) is 23.9. The number of terminal acetylenes is 1. The predicted molar refractivity (Wildman–Crippen MR) is 169 cm³/mol. The Morgan fingerprint density at radius 2 is 1.66 bits per heavy atom. The molecule has 3 heteroatoms. The van der Waals surface area contributed by atoms with E-state index >= 15 is 0 Å². The van der Waals surface area contributed by atoms with Gasteiger partial charge in [-0.1, -0.05) is 86.3 Å². The maximum absolute atomic E-state index is 5.68. The molecular formula is C32H54OS2. The molecule has 0 bridgehead atoms. The van der Waals surface area contributed by atoms with Crippen LogP contribution in [0.3, 0.4) is 0 Å². The van der Waals surface area contributed by atoms with Gasteiger partial charge in [0.25, 0.3) is 0 Å². The van der Waals surface area contributed by atoms with Gasteiger partial charge >= 0.3 is 0 Å². The Hall–Kier alpha value is -1.50. The van der Waals surface area contributed by atoms with Crippen LogP contribution in [0.1, 0.15) is 98.5 Å². The summed E-state index contributed by atoms with van der Waals surface area (Å²) in [6, 6.07) is 6.67. The Balaban J connectivity index is -0.000000724. The van der Waals surface area contributed by atoms with Gasteiger partial charge in [-0.25, -0.2) is 0 Å². The van der Waals surface area contributed by atoms with E-state index in [-0.39, 0.29) is 0 Å². The molecule has 1 fully saturated rings. The summed E-state index contributed by atoms with van der Waals surface area (Å²) >= 11 is 3.89. The van der Waals surface area contributed by atoms with Gasteiger partial charge in [-0.3, -0.25) is 0 Å². The van der Waals surface area contributed by atoms with Gasteiger partial charge in [0.15, 0.2) is 0 Å². The van der Waals surface area contributed by atoms with Crippen LogP contribution < -0.4 is 4.74 Å². The number of thioether (sulfide) groups is 2. The van der Waals surface area contributed by atoms with E-state index < -0.39 is 0 Å². The smallest absolute Gasteiger partial charge is 0.128 e. The fourth-order valence-electron chi connectivity index (χ4n) is 3.15. The van der Waals surface area contributed by atoms with Crippen LogP contribution in [0.2, 0.25) is 0 Å². The molecule has 200 valence electrons. The number of ether oxygens (including phenoxy) is 1. The molecule has 0 saturated heterocycles. The van der Waals surface area contributed by atoms with E-state index in [0.717, 1.165) is 29.1 Å². The lowest BCUT2D eigenvalue weighted by Gasteiger charge is -2.21. The van der Waals surface area contributed by atoms with Crippen molar-refractivity contribution in [1.29, 1.82) is 0 Å². The average Bonchev–Trinajstić information content (AvgIpc) is 2.94. The highest BCUT2D eigenvalue weighted by atomic mass is 32.2. The van der Waals surface area contributed by atoms with Gasteiger partial charge in [0.2, 0.25) is 0 Å². The first-order chi connectivity index (χ1) is 17.1. The summed E-state index contributed by atoms with van der Waals surface area (Å²) in [4.78, 5) is 2.57. The lowest BCUT2D eigenvalue weighted by Crippen LogP contribution is -2.07. The second-order valence-electron chi connectivity index (χ2n) is 7.78. The molecule has 1 aromatic rings. The topological polar surface area (TPSA) is 9.23 Å². The molecule has 0 N–H and O–H groups in total. The second-order valence-corrected chi connectivity index (χ2v) is 10.3. The van der Waals surface area contributed by atoms with Crippen LogP contribution in [0.4, 0.5) is 0 Å². The van der Waals surface area contributed by atoms with Gasteiger partial charge in [0, 0.05) is 20.6 Å². The molecule has 0 spiro atoms. The normalized spacial score (nSPS) is 12.8. The van der Waals surface area contributed by atoms with Crippen molar-refractivity contribution in [3.63, 3.8) is 0 Å². The molecule has 1 aliphatic carbocycles. The SMILES string of the molecule is C#C.C=C.C=C/C=C(/SCCC)c1ccc(SC2CCCCC2)cc1OC.CC.CCC(C)CC. The minimum atomic E-state index is 0.775. The van der Waals surface area contributed by atoms with Crippen LogP contribution in [0, 0.1) is 18.8 Å². The molecule has 2 rings (SSSR count). The van der Waals surface area contributed by atoms with Crippen molar-refractivity contribution in [3.05, 3.63) is 55.7 Å². The number of hydrogen-bond donors (Lipinski definition) is 0. The third-order valence-corrected chi connectivity index (χ3v) is 8.03. The zero-order valence-corrected chi connectivity index (χ0v) is 25.5. The largest absolute Gasteiger partial charge is 0.496 e. The number of hydrogen-bond acceptors (Lipinski definition) is 3. The first-order valence-corrected chi connectivity index (χ1v) is 15.1. The Morgan fingerprint density at radius 3 is 2.09 bits per heavy atom. The Bertz CT molecular complexity index is 653. The lowest BCUT2D eigenvalue weighted by molar-refractivity contribution is 0.412. The van der Waals surface area contributed by atoms with Crippen molar-refractivity contribution in [1.82, 2.24) is 0 Å². The molecule has 0 unspecified atom stereocenters. The van der Waals surface area contributed by atoms with E-state index in [2.05, 4.69) is 84.6 Å². The zero-order chi connectivity index (χ0) is 27.5. The minimum Gasteiger partial charge on any atom is -0.496 e. The van der Waals surface area contributed by atoms with Crippen LogP contribution in [-0.2, 0) is 0 Å². The van der Waals surface area contributed by atoms with E-state index in [1.165, 1.54) is 60.3 Å². The summed E-state index contributed by atoms with van der Waals surface area (Å²) in [5, 5.41) is 0.775. The lowest BCUT2D eigenvalue weighted by atomic mass is 10.0. The van der Waals surface area contributed by atoms with Crippen molar-refractivity contribution in [2.45, 2.75) is 103 Å². The maximum atomic E-state index is 5.68. The Labute approximate surface area is 228 Å². The van der Waals surface area contributed by atoms with E-state index in [0.29, 0.717) is 0 Å². The van der Waals surface area contributed by atoms with Crippen LogP contribution in [0.25, 0.3) is 4.91 Å². The van der Waals surface area contributed by atoms with Crippen LogP contribution >= 0.6 is 23.5 Å². The number of allylic oxidation sites excluding steroid dienone is 2. The summed E-state index contributed by atoms with van der Waals surface area (Å²) in [6.45, 7) is 22.8. The predicted octanol–water partition coefficient (Wildman–Crippen LogP) is 11.3. The van der Waals surface area contributed by atoms with Crippen molar-refractivity contribution in [2.75, 3.05) is 12.9 Å². The van der Waals surface area contributed by atoms with Crippen LogP contribution in [0.15, 0.2) is 55.0 Å². The maximum Gasteiger partial charge on any atom is 0.128 e. The molecule has 1 aliphatic rings. The summed E-state index contributed by atoms with van der Waals surface area (Å²) in [7, 11) is 1.77. The first kappa shape index (κ1) is 38.0.